The molecular weight excluding hydrogens is 334 g/mol. The summed E-state index contributed by atoms with van der Waals surface area (Å²) in [5.41, 5.74) is 0. The highest BCUT2D eigenvalue weighted by atomic mass is 79.9. The van der Waals surface area contributed by atoms with Crippen molar-refractivity contribution in [1.29, 1.82) is 0 Å². The summed E-state index contributed by atoms with van der Waals surface area (Å²) in [5, 5.41) is 13.5. The molecule has 2 aliphatic rings. The van der Waals surface area contributed by atoms with E-state index in [1.54, 1.807) is 0 Å². The third-order valence-electron chi connectivity index (χ3n) is 4.09. The van der Waals surface area contributed by atoms with Gasteiger partial charge in [-0.3, -0.25) is 0 Å². The van der Waals surface area contributed by atoms with Crippen LogP contribution in [0, 0.1) is 5.92 Å². The Morgan fingerprint density at radius 3 is 2.76 bits per heavy atom. The number of aliphatic hydroxyl groups excluding tert-OH is 1. The molecule has 1 aromatic rings. The van der Waals surface area contributed by atoms with E-state index in [0.717, 1.165) is 29.2 Å². The summed E-state index contributed by atoms with van der Waals surface area (Å²) >= 11 is 3.38. The molecule has 0 bridgehead atoms. The topological polar surface area (TPSA) is 50.7 Å². The van der Waals surface area contributed by atoms with Gasteiger partial charge in [0.05, 0.1) is 6.10 Å². The maximum atomic E-state index is 10.0. The van der Waals surface area contributed by atoms with Crippen molar-refractivity contribution in [2.24, 2.45) is 5.92 Å². The lowest BCUT2D eigenvalue weighted by Crippen LogP contribution is -2.42. The molecule has 2 N–H and O–H groups in total. The Labute approximate surface area is 134 Å². The minimum atomic E-state index is -0.505. The Morgan fingerprint density at radius 2 is 2.05 bits per heavy atom. The smallest absolute Gasteiger partial charge is 0.119 e. The van der Waals surface area contributed by atoms with E-state index < -0.39 is 6.10 Å². The van der Waals surface area contributed by atoms with E-state index in [0.29, 0.717) is 25.3 Å². The molecule has 1 saturated carbocycles. The van der Waals surface area contributed by atoms with E-state index in [4.69, 9.17) is 9.47 Å². The molecule has 3 rings (SSSR count). The highest BCUT2D eigenvalue weighted by Gasteiger charge is 2.40. The van der Waals surface area contributed by atoms with Crippen LogP contribution in [0.3, 0.4) is 0 Å². The van der Waals surface area contributed by atoms with E-state index in [-0.39, 0.29) is 0 Å². The zero-order chi connectivity index (χ0) is 14.7. The summed E-state index contributed by atoms with van der Waals surface area (Å²) < 4.78 is 12.4. The molecule has 4 nitrogen and oxygen atoms in total. The van der Waals surface area contributed by atoms with Gasteiger partial charge < -0.3 is 19.9 Å². The van der Waals surface area contributed by atoms with Crippen molar-refractivity contribution in [3.05, 3.63) is 28.7 Å². The molecule has 1 aliphatic heterocycles. The molecule has 0 aromatic heterocycles. The summed E-state index contributed by atoms with van der Waals surface area (Å²) in [6.07, 6.45) is 3.47. The summed E-state index contributed by atoms with van der Waals surface area (Å²) in [6, 6.07) is 8.02. The van der Waals surface area contributed by atoms with Crippen LogP contribution in [-0.2, 0) is 4.74 Å². The fourth-order valence-corrected chi connectivity index (χ4v) is 3.05. The molecule has 1 aromatic carbocycles. The lowest BCUT2D eigenvalue weighted by atomic mass is 10.1. The minimum absolute atomic E-state index is 0.302. The first-order valence-corrected chi connectivity index (χ1v) is 8.43. The second-order valence-corrected chi connectivity index (χ2v) is 6.81. The standard InChI is InChI=1S/C16H22BrNO3/c17-12-3-5-14(6-4-12)21-10-13(19)9-18-15-7-8-20-16(15)11-1-2-11/h3-6,11,13,15-16,18-19H,1-2,7-10H2. The van der Waals surface area contributed by atoms with Crippen molar-refractivity contribution < 1.29 is 14.6 Å². The fraction of sp³-hybridized carbons (Fsp3) is 0.625. The first kappa shape index (κ1) is 15.3. The molecule has 3 atom stereocenters. The van der Waals surface area contributed by atoms with E-state index in [2.05, 4.69) is 21.2 Å². The number of aliphatic hydroxyl groups is 1. The second-order valence-electron chi connectivity index (χ2n) is 5.90. The molecule has 0 radical (unpaired) electrons. The van der Waals surface area contributed by atoms with Gasteiger partial charge in [0.2, 0.25) is 0 Å². The van der Waals surface area contributed by atoms with E-state index >= 15 is 0 Å². The average Bonchev–Trinajstić information content (AvgIpc) is 3.23. The van der Waals surface area contributed by atoms with Gasteiger partial charge in [0.1, 0.15) is 18.5 Å². The van der Waals surface area contributed by atoms with Gasteiger partial charge in [-0.1, -0.05) is 15.9 Å². The quantitative estimate of drug-likeness (QED) is 0.788. The normalized spacial score (nSPS) is 26.8. The van der Waals surface area contributed by atoms with Gasteiger partial charge in [-0.25, -0.2) is 0 Å². The molecule has 2 fully saturated rings. The van der Waals surface area contributed by atoms with Crippen molar-refractivity contribution in [3.63, 3.8) is 0 Å². The third kappa shape index (κ3) is 4.42. The van der Waals surface area contributed by atoms with Crippen LogP contribution in [0.1, 0.15) is 19.3 Å². The number of ether oxygens (including phenoxy) is 2. The van der Waals surface area contributed by atoms with Crippen LogP contribution in [0.25, 0.3) is 0 Å². The SMILES string of the molecule is OC(CNC1CCOC1C1CC1)COc1ccc(Br)cc1. The van der Waals surface area contributed by atoms with Crippen LogP contribution >= 0.6 is 15.9 Å². The van der Waals surface area contributed by atoms with Gasteiger partial charge in [-0.05, 0) is 49.4 Å². The number of benzene rings is 1. The van der Waals surface area contributed by atoms with E-state index in [9.17, 15) is 5.11 Å². The first-order chi connectivity index (χ1) is 10.2. The van der Waals surface area contributed by atoms with Crippen LogP contribution in [-0.4, -0.2) is 43.1 Å². The third-order valence-corrected chi connectivity index (χ3v) is 4.62. The minimum Gasteiger partial charge on any atom is -0.491 e. The van der Waals surface area contributed by atoms with Crippen molar-refractivity contribution in [3.8, 4) is 5.75 Å². The van der Waals surface area contributed by atoms with Gasteiger partial charge in [0.25, 0.3) is 0 Å². The first-order valence-electron chi connectivity index (χ1n) is 7.64. The van der Waals surface area contributed by atoms with Crippen LogP contribution in [0.4, 0.5) is 0 Å². The molecule has 116 valence electrons. The highest BCUT2D eigenvalue weighted by Crippen LogP contribution is 2.38. The van der Waals surface area contributed by atoms with Gasteiger partial charge in [-0.2, -0.15) is 0 Å². The van der Waals surface area contributed by atoms with Crippen molar-refractivity contribution in [1.82, 2.24) is 5.32 Å². The number of hydrogen-bond acceptors (Lipinski definition) is 4. The zero-order valence-electron chi connectivity index (χ0n) is 12.0. The van der Waals surface area contributed by atoms with Crippen LogP contribution in [0.15, 0.2) is 28.7 Å². The Morgan fingerprint density at radius 1 is 1.29 bits per heavy atom. The van der Waals surface area contributed by atoms with Crippen LogP contribution in [0.5, 0.6) is 5.75 Å². The summed E-state index contributed by atoms with van der Waals surface area (Å²) in [6.45, 7) is 1.69. The molecule has 3 unspecified atom stereocenters. The molecule has 0 spiro atoms. The Kier molecular flexibility index (Phi) is 5.16. The van der Waals surface area contributed by atoms with Crippen LogP contribution < -0.4 is 10.1 Å². The number of rotatable bonds is 7. The average molecular weight is 356 g/mol. The van der Waals surface area contributed by atoms with Crippen LogP contribution in [0.2, 0.25) is 0 Å². The highest BCUT2D eigenvalue weighted by molar-refractivity contribution is 9.10. The lowest BCUT2D eigenvalue weighted by molar-refractivity contribution is 0.0706. The maximum Gasteiger partial charge on any atom is 0.119 e. The molecule has 1 heterocycles. The molecule has 1 saturated heterocycles. The predicted molar refractivity (Wildman–Crippen MR) is 84.5 cm³/mol. The monoisotopic (exact) mass is 355 g/mol. The predicted octanol–water partition coefficient (Wildman–Crippen LogP) is 2.35. The molecule has 5 heteroatoms. The summed E-state index contributed by atoms with van der Waals surface area (Å²) in [7, 11) is 0. The summed E-state index contributed by atoms with van der Waals surface area (Å²) in [4.78, 5) is 0. The molecule has 0 amide bonds. The Balaban J connectivity index is 1.37. The number of nitrogens with one attached hydrogen (secondary N) is 1. The number of halogens is 1. The van der Waals surface area contributed by atoms with Crippen molar-refractivity contribution in [2.75, 3.05) is 19.8 Å². The van der Waals surface area contributed by atoms with Gasteiger partial charge in [-0.15, -0.1) is 0 Å². The zero-order valence-corrected chi connectivity index (χ0v) is 13.6. The van der Waals surface area contributed by atoms with Gasteiger partial charge in [0, 0.05) is 23.7 Å². The second kappa shape index (κ2) is 7.09. The lowest BCUT2D eigenvalue weighted by Gasteiger charge is -2.21. The fourth-order valence-electron chi connectivity index (χ4n) is 2.79. The number of hydrogen-bond donors (Lipinski definition) is 2. The Bertz CT molecular complexity index is 449. The summed E-state index contributed by atoms with van der Waals surface area (Å²) in [5.74, 6) is 1.51. The van der Waals surface area contributed by atoms with E-state index in [1.165, 1.54) is 12.8 Å². The van der Waals surface area contributed by atoms with Gasteiger partial charge in [0.15, 0.2) is 0 Å². The molecule has 21 heavy (non-hydrogen) atoms. The van der Waals surface area contributed by atoms with E-state index in [1.807, 2.05) is 24.3 Å². The molecular formula is C16H22BrNO3. The van der Waals surface area contributed by atoms with Gasteiger partial charge >= 0.3 is 0 Å². The van der Waals surface area contributed by atoms with Crippen molar-refractivity contribution in [2.45, 2.75) is 37.5 Å². The largest absolute Gasteiger partial charge is 0.491 e. The Hall–Kier alpha value is -0.620. The maximum absolute atomic E-state index is 10.0. The molecule has 1 aliphatic carbocycles. The van der Waals surface area contributed by atoms with Crippen molar-refractivity contribution >= 4 is 15.9 Å².